The largest absolute Gasteiger partial charge is 0.319 e. The van der Waals surface area contributed by atoms with Crippen molar-refractivity contribution < 1.29 is 17.6 Å². The summed E-state index contributed by atoms with van der Waals surface area (Å²) in [5.74, 6) is -1.05. The lowest BCUT2D eigenvalue weighted by atomic mass is 10.1. The molecule has 0 aliphatic carbocycles. The molecule has 3 aromatic rings. The van der Waals surface area contributed by atoms with Crippen molar-refractivity contribution in [3.8, 4) is 0 Å². The van der Waals surface area contributed by atoms with Crippen LogP contribution >= 0.6 is 15.9 Å². The van der Waals surface area contributed by atoms with Crippen molar-refractivity contribution in [1.82, 2.24) is 0 Å². The van der Waals surface area contributed by atoms with E-state index in [0.717, 1.165) is 17.4 Å². The van der Waals surface area contributed by atoms with Crippen LogP contribution in [0.4, 0.5) is 15.8 Å². The maximum Gasteiger partial charge on any atom is 0.255 e. The van der Waals surface area contributed by atoms with E-state index in [2.05, 4.69) is 21.2 Å². The highest BCUT2D eigenvalue weighted by Crippen LogP contribution is 2.24. The summed E-state index contributed by atoms with van der Waals surface area (Å²) in [6, 6.07) is 18.0. The number of aryl methyl sites for hydroxylation is 1. The molecule has 1 amide bonds. The van der Waals surface area contributed by atoms with Crippen molar-refractivity contribution in [2.75, 3.05) is 15.9 Å². The topological polar surface area (TPSA) is 66.5 Å². The second-order valence-corrected chi connectivity index (χ2v) is 9.64. The average Bonchev–Trinajstić information content (AvgIpc) is 2.68. The molecular weight excluding hydrogens is 471 g/mol. The first-order valence-corrected chi connectivity index (χ1v) is 11.7. The van der Waals surface area contributed by atoms with Crippen molar-refractivity contribution >= 4 is 43.2 Å². The summed E-state index contributed by atoms with van der Waals surface area (Å²) in [6.45, 7) is 2.10. The van der Waals surface area contributed by atoms with Crippen LogP contribution in [0.2, 0.25) is 0 Å². The van der Waals surface area contributed by atoms with Crippen molar-refractivity contribution in [3.05, 3.63) is 93.7 Å². The molecule has 0 spiro atoms. The van der Waals surface area contributed by atoms with Gasteiger partial charge in [-0.15, -0.1) is 0 Å². The number of carbonyl (C=O) groups excluding carboxylic acids is 1. The van der Waals surface area contributed by atoms with E-state index in [9.17, 15) is 17.6 Å². The Labute approximate surface area is 183 Å². The zero-order valence-electron chi connectivity index (χ0n) is 16.4. The first kappa shape index (κ1) is 22.0. The number of hydrogen-bond acceptors (Lipinski definition) is 3. The summed E-state index contributed by atoms with van der Waals surface area (Å²) >= 11 is 3.17. The Hall–Kier alpha value is -2.71. The van der Waals surface area contributed by atoms with Gasteiger partial charge < -0.3 is 5.32 Å². The highest BCUT2D eigenvalue weighted by Gasteiger charge is 2.19. The number of hydrogen-bond donors (Lipinski definition) is 1. The SMILES string of the molecule is Cc1ccccc1CN(c1ccc(C(=O)Nc2ccc(Br)cc2F)cc1)S(C)(=O)=O. The van der Waals surface area contributed by atoms with Crippen molar-refractivity contribution in [1.29, 1.82) is 0 Å². The molecule has 0 bridgehead atoms. The van der Waals surface area contributed by atoms with Crippen LogP contribution in [0.25, 0.3) is 0 Å². The van der Waals surface area contributed by atoms with Crippen LogP contribution in [0.5, 0.6) is 0 Å². The number of benzene rings is 3. The van der Waals surface area contributed by atoms with Gasteiger partial charge in [-0.25, -0.2) is 12.8 Å². The van der Waals surface area contributed by atoms with E-state index in [-0.39, 0.29) is 17.8 Å². The van der Waals surface area contributed by atoms with Crippen LogP contribution in [0.3, 0.4) is 0 Å². The van der Waals surface area contributed by atoms with E-state index in [1.54, 1.807) is 18.2 Å². The Kier molecular flexibility index (Phi) is 6.58. The Morgan fingerprint density at radius 2 is 1.73 bits per heavy atom. The number of nitrogens with one attached hydrogen (secondary N) is 1. The molecule has 30 heavy (non-hydrogen) atoms. The lowest BCUT2D eigenvalue weighted by Gasteiger charge is -2.23. The fourth-order valence-electron chi connectivity index (χ4n) is 2.91. The van der Waals surface area contributed by atoms with Gasteiger partial charge in [-0.1, -0.05) is 40.2 Å². The van der Waals surface area contributed by atoms with Gasteiger partial charge in [0.2, 0.25) is 10.0 Å². The number of amides is 1. The third-order valence-corrected chi connectivity index (χ3v) is 6.21. The van der Waals surface area contributed by atoms with Crippen LogP contribution < -0.4 is 9.62 Å². The quantitative estimate of drug-likeness (QED) is 0.521. The molecule has 0 saturated heterocycles. The first-order valence-electron chi connectivity index (χ1n) is 9.04. The molecular formula is C22H20BrFN2O3S. The van der Waals surface area contributed by atoms with Crippen LogP contribution in [-0.4, -0.2) is 20.6 Å². The second-order valence-electron chi connectivity index (χ2n) is 6.82. The Morgan fingerprint density at radius 3 is 2.33 bits per heavy atom. The molecule has 156 valence electrons. The summed E-state index contributed by atoms with van der Waals surface area (Å²) in [5.41, 5.74) is 2.65. The zero-order valence-corrected chi connectivity index (χ0v) is 18.8. The maximum atomic E-state index is 13.9. The third kappa shape index (κ3) is 5.25. The minimum atomic E-state index is -3.55. The molecule has 0 heterocycles. The summed E-state index contributed by atoms with van der Waals surface area (Å²) < 4.78 is 40.5. The highest BCUT2D eigenvalue weighted by molar-refractivity contribution is 9.10. The molecule has 0 aliphatic rings. The van der Waals surface area contributed by atoms with Gasteiger partial charge in [0, 0.05) is 10.0 Å². The number of sulfonamides is 1. The fraction of sp³-hybridized carbons (Fsp3) is 0.136. The molecule has 0 fully saturated rings. The van der Waals surface area contributed by atoms with E-state index in [1.807, 2.05) is 31.2 Å². The van der Waals surface area contributed by atoms with Gasteiger partial charge in [0.1, 0.15) is 5.82 Å². The summed E-state index contributed by atoms with van der Waals surface area (Å²) in [6.07, 6.45) is 1.14. The van der Waals surface area contributed by atoms with Gasteiger partial charge in [-0.05, 0) is 60.5 Å². The molecule has 5 nitrogen and oxygen atoms in total. The summed E-state index contributed by atoms with van der Waals surface area (Å²) in [4.78, 5) is 12.4. The predicted octanol–water partition coefficient (Wildman–Crippen LogP) is 5.12. The van der Waals surface area contributed by atoms with E-state index in [1.165, 1.54) is 28.6 Å². The van der Waals surface area contributed by atoms with Gasteiger partial charge in [0.05, 0.1) is 24.2 Å². The number of anilines is 2. The van der Waals surface area contributed by atoms with E-state index < -0.39 is 21.7 Å². The highest BCUT2D eigenvalue weighted by atomic mass is 79.9. The Morgan fingerprint density at radius 1 is 1.07 bits per heavy atom. The number of halogens is 2. The molecule has 0 saturated carbocycles. The van der Waals surface area contributed by atoms with E-state index in [4.69, 9.17) is 0 Å². The third-order valence-electron chi connectivity index (χ3n) is 4.57. The van der Waals surface area contributed by atoms with Crippen LogP contribution in [-0.2, 0) is 16.6 Å². The predicted molar refractivity (Wildman–Crippen MR) is 121 cm³/mol. The van der Waals surface area contributed by atoms with Crippen LogP contribution in [0, 0.1) is 12.7 Å². The monoisotopic (exact) mass is 490 g/mol. The smallest absolute Gasteiger partial charge is 0.255 e. The minimum Gasteiger partial charge on any atom is -0.319 e. The molecule has 0 atom stereocenters. The Balaban J connectivity index is 1.83. The standard InChI is InChI=1S/C22H20BrFN2O3S/c1-15-5-3-4-6-17(15)14-26(30(2,28)29)19-10-7-16(8-11-19)22(27)25-21-12-9-18(23)13-20(21)24/h3-13H,14H2,1-2H3,(H,25,27). The minimum absolute atomic E-state index is 0.0598. The van der Waals surface area contributed by atoms with Crippen LogP contribution in [0.1, 0.15) is 21.5 Å². The normalized spacial score (nSPS) is 11.2. The van der Waals surface area contributed by atoms with Gasteiger partial charge in [-0.3, -0.25) is 9.10 Å². The van der Waals surface area contributed by atoms with Crippen LogP contribution in [0.15, 0.2) is 71.2 Å². The fourth-order valence-corrected chi connectivity index (χ4v) is 4.12. The molecule has 0 aliphatic heterocycles. The molecule has 3 rings (SSSR count). The molecule has 3 aromatic carbocycles. The molecule has 0 aromatic heterocycles. The van der Waals surface area contributed by atoms with Gasteiger partial charge in [-0.2, -0.15) is 0 Å². The van der Waals surface area contributed by atoms with Gasteiger partial charge in [0.25, 0.3) is 5.91 Å². The summed E-state index contributed by atoms with van der Waals surface area (Å²) in [5, 5.41) is 2.51. The molecule has 0 unspecified atom stereocenters. The molecule has 1 N–H and O–H groups in total. The first-order chi connectivity index (χ1) is 14.1. The lowest BCUT2D eigenvalue weighted by molar-refractivity contribution is 0.102. The summed E-state index contributed by atoms with van der Waals surface area (Å²) in [7, 11) is -3.55. The van der Waals surface area contributed by atoms with Crippen molar-refractivity contribution in [2.24, 2.45) is 0 Å². The number of nitrogens with zero attached hydrogens (tertiary/aromatic N) is 1. The number of carbonyl (C=O) groups is 1. The van der Waals surface area contributed by atoms with Gasteiger partial charge in [0.15, 0.2) is 0 Å². The number of rotatable bonds is 6. The van der Waals surface area contributed by atoms with Crippen molar-refractivity contribution in [2.45, 2.75) is 13.5 Å². The maximum absolute atomic E-state index is 13.9. The molecule has 0 radical (unpaired) electrons. The lowest BCUT2D eigenvalue weighted by Crippen LogP contribution is -2.29. The molecule has 8 heteroatoms. The average molecular weight is 491 g/mol. The van der Waals surface area contributed by atoms with Crippen molar-refractivity contribution in [3.63, 3.8) is 0 Å². The zero-order chi connectivity index (χ0) is 21.9. The van der Waals surface area contributed by atoms with E-state index >= 15 is 0 Å². The Bertz CT molecular complexity index is 1180. The van der Waals surface area contributed by atoms with Gasteiger partial charge >= 0.3 is 0 Å². The van der Waals surface area contributed by atoms with E-state index in [0.29, 0.717) is 10.2 Å². The second kappa shape index (κ2) is 8.97.